The van der Waals surface area contributed by atoms with Crippen LogP contribution < -0.4 is 0 Å². The third kappa shape index (κ3) is 4.46. The minimum Gasteiger partial charge on any atom is -0.450 e. The lowest BCUT2D eigenvalue weighted by Crippen LogP contribution is -2.43. The van der Waals surface area contributed by atoms with Gasteiger partial charge in [0, 0.05) is 5.56 Å². The summed E-state index contributed by atoms with van der Waals surface area (Å²) in [6, 6.07) is 5.93. The van der Waals surface area contributed by atoms with Crippen LogP contribution in [0.1, 0.15) is 11.5 Å². The van der Waals surface area contributed by atoms with Gasteiger partial charge < -0.3 is 14.0 Å². The monoisotopic (exact) mass is 401 g/mol. The zero-order chi connectivity index (χ0) is 20.3. The van der Waals surface area contributed by atoms with Crippen LogP contribution in [0, 0.1) is 0 Å². The maximum atomic E-state index is 12.5. The largest absolute Gasteiger partial charge is 0.471 e. The van der Waals surface area contributed by atoms with Gasteiger partial charge in [-0.3, -0.25) is 9.63 Å². The molecule has 1 fully saturated rings. The summed E-state index contributed by atoms with van der Waals surface area (Å²) >= 11 is 0. The number of halogens is 3. The number of hydroxylamine groups is 2. The van der Waals surface area contributed by atoms with Gasteiger partial charge in [0.2, 0.25) is 5.82 Å². The predicted molar refractivity (Wildman–Crippen MR) is 83.0 cm³/mol. The molecule has 1 aromatic heterocycles. The summed E-state index contributed by atoms with van der Waals surface area (Å²) in [5.74, 6) is -3.74. The number of aromatic nitrogens is 2. The normalized spacial score (nSPS) is 14.4. The molecule has 0 unspecified atom stereocenters. The number of rotatable bonds is 5. The SMILES string of the molecule is CON(Cc1ccc(-c2noc(C(F)(F)F)n2)cc1)C(=O)C(=O)OC1COC1. The number of hydrogen-bond donors (Lipinski definition) is 0. The Bertz CT molecular complexity index is 848. The van der Waals surface area contributed by atoms with Crippen molar-refractivity contribution >= 4 is 11.9 Å². The van der Waals surface area contributed by atoms with Crippen LogP contribution in [0.2, 0.25) is 0 Å². The van der Waals surface area contributed by atoms with E-state index in [1.165, 1.54) is 31.4 Å². The summed E-state index contributed by atoms with van der Waals surface area (Å²) in [4.78, 5) is 32.1. The molecule has 150 valence electrons. The molecule has 12 heteroatoms. The van der Waals surface area contributed by atoms with E-state index in [-0.39, 0.29) is 31.1 Å². The maximum Gasteiger partial charge on any atom is 0.471 e. The molecule has 1 amide bonds. The molecule has 2 heterocycles. The van der Waals surface area contributed by atoms with Gasteiger partial charge in [-0.05, 0) is 5.56 Å². The van der Waals surface area contributed by atoms with E-state index in [1.807, 2.05) is 0 Å². The molecule has 9 nitrogen and oxygen atoms in total. The first-order valence-electron chi connectivity index (χ1n) is 7.92. The highest BCUT2D eigenvalue weighted by Gasteiger charge is 2.38. The average Bonchev–Trinajstić information content (AvgIpc) is 3.13. The Morgan fingerprint density at radius 2 is 1.93 bits per heavy atom. The van der Waals surface area contributed by atoms with Crippen molar-refractivity contribution in [3.05, 3.63) is 35.7 Å². The molecular weight excluding hydrogens is 387 g/mol. The topological polar surface area (TPSA) is 104 Å². The van der Waals surface area contributed by atoms with Gasteiger partial charge in [0.25, 0.3) is 0 Å². The lowest BCUT2D eigenvalue weighted by atomic mass is 10.1. The third-order valence-corrected chi connectivity index (χ3v) is 3.71. The standard InChI is InChI=1S/C16H14F3N3O6/c1-25-22(13(23)14(24)27-11-7-26-8-11)6-9-2-4-10(5-3-9)12-20-15(28-21-12)16(17,18)19/h2-5,11H,6-8H2,1H3. The Morgan fingerprint density at radius 1 is 1.25 bits per heavy atom. The Balaban J connectivity index is 1.64. The summed E-state index contributed by atoms with van der Waals surface area (Å²) < 4.78 is 51.5. The lowest BCUT2D eigenvalue weighted by Gasteiger charge is -2.26. The lowest BCUT2D eigenvalue weighted by molar-refractivity contribution is -0.200. The Kier molecular flexibility index (Phi) is 5.61. The van der Waals surface area contributed by atoms with Crippen molar-refractivity contribution in [2.24, 2.45) is 0 Å². The van der Waals surface area contributed by atoms with Gasteiger partial charge in [0.15, 0.2) is 0 Å². The Morgan fingerprint density at radius 3 is 2.43 bits per heavy atom. The highest BCUT2D eigenvalue weighted by molar-refractivity contribution is 6.32. The molecule has 2 aromatic rings. The minimum absolute atomic E-state index is 0.0913. The number of esters is 1. The fraction of sp³-hybridized carbons (Fsp3) is 0.375. The van der Waals surface area contributed by atoms with E-state index < -0.39 is 30.0 Å². The van der Waals surface area contributed by atoms with Crippen LogP contribution in [0.3, 0.4) is 0 Å². The predicted octanol–water partition coefficient (Wildman–Crippen LogP) is 1.59. The van der Waals surface area contributed by atoms with Crippen molar-refractivity contribution in [1.29, 1.82) is 0 Å². The van der Waals surface area contributed by atoms with E-state index in [0.717, 1.165) is 5.06 Å². The van der Waals surface area contributed by atoms with Crippen molar-refractivity contribution in [3.63, 3.8) is 0 Å². The first-order valence-corrected chi connectivity index (χ1v) is 7.92. The number of hydrogen-bond acceptors (Lipinski definition) is 8. The van der Waals surface area contributed by atoms with E-state index in [0.29, 0.717) is 5.56 Å². The molecule has 0 atom stereocenters. The van der Waals surface area contributed by atoms with Crippen LogP contribution in [-0.2, 0) is 36.6 Å². The number of alkyl halides is 3. The van der Waals surface area contributed by atoms with Crippen LogP contribution in [-0.4, -0.2) is 53.5 Å². The van der Waals surface area contributed by atoms with E-state index in [4.69, 9.17) is 14.3 Å². The Labute approximate surface area is 155 Å². The summed E-state index contributed by atoms with van der Waals surface area (Å²) in [6.45, 7) is 0.380. The molecule has 3 rings (SSSR count). The second-order valence-corrected chi connectivity index (χ2v) is 5.71. The molecule has 0 aliphatic carbocycles. The number of benzene rings is 1. The van der Waals surface area contributed by atoms with Crippen LogP contribution >= 0.6 is 0 Å². The Hall–Kier alpha value is -2.99. The van der Waals surface area contributed by atoms with Gasteiger partial charge >= 0.3 is 23.9 Å². The van der Waals surface area contributed by atoms with Crippen LogP contribution in [0.4, 0.5) is 13.2 Å². The number of nitrogens with zero attached hydrogens (tertiary/aromatic N) is 3. The summed E-state index contributed by atoms with van der Waals surface area (Å²) in [5.41, 5.74) is 0.820. The quantitative estimate of drug-likeness (QED) is 0.423. The first-order chi connectivity index (χ1) is 13.3. The van der Waals surface area contributed by atoms with Crippen molar-refractivity contribution < 1.29 is 41.6 Å². The van der Waals surface area contributed by atoms with Crippen molar-refractivity contribution in [2.45, 2.75) is 18.8 Å². The highest BCUT2D eigenvalue weighted by atomic mass is 19.4. The van der Waals surface area contributed by atoms with Crippen molar-refractivity contribution in [1.82, 2.24) is 15.2 Å². The average molecular weight is 401 g/mol. The molecule has 1 aliphatic heterocycles. The smallest absolute Gasteiger partial charge is 0.450 e. The number of amides is 1. The van der Waals surface area contributed by atoms with Gasteiger partial charge in [-0.25, -0.2) is 9.86 Å². The number of carbonyl (C=O) groups is 2. The van der Waals surface area contributed by atoms with Gasteiger partial charge in [-0.2, -0.15) is 18.2 Å². The number of ether oxygens (including phenoxy) is 2. The van der Waals surface area contributed by atoms with Crippen molar-refractivity contribution in [2.75, 3.05) is 20.3 Å². The zero-order valence-electron chi connectivity index (χ0n) is 14.4. The number of carbonyl (C=O) groups excluding carboxylic acids is 2. The van der Waals surface area contributed by atoms with E-state index in [2.05, 4.69) is 14.7 Å². The third-order valence-electron chi connectivity index (χ3n) is 3.71. The molecular formula is C16H14F3N3O6. The zero-order valence-corrected chi connectivity index (χ0v) is 14.4. The summed E-state index contributed by atoms with van der Waals surface area (Å²) in [5, 5.41) is 4.08. The van der Waals surface area contributed by atoms with E-state index in [1.54, 1.807) is 0 Å². The molecule has 0 N–H and O–H groups in total. The van der Waals surface area contributed by atoms with Gasteiger partial charge in [0.05, 0.1) is 26.9 Å². The first kappa shape index (κ1) is 19.8. The molecule has 1 saturated heterocycles. The molecule has 0 bridgehead atoms. The second-order valence-electron chi connectivity index (χ2n) is 5.71. The van der Waals surface area contributed by atoms with Crippen LogP contribution in [0.15, 0.2) is 28.8 Å². The molecule has 1 aromatic carbocycles. The van der Waals surface area contributed by atoms with E-state index in [9.17, 15) is 22.8 Å². The highest BCUT2D eigenvalue weighted by Crippen LogP contribution is 2.29. The minimum atomic E-state index is -4.73. The fourth-order valence-corrected chi connectivity index (χ4v) is 2.19. The molecule has 0 radical (unpaired) electrons. The van der Waals surface area contributed by atoms with Gasteiger partial charge in [-0.1, -0.05) is 29.4 Å². The molecule has 0 spiro atoms. The second kappa shape index (κ2) is 7.94. The van der Waals surface area contributed by atoms with E-state index >= 15 is 0 Å². The molecule has 28 heavy (non-hydrogen) atoms. The van der Waals surface area contributed by atoms with Gasteiger partial charge in [0.1, 0.15) is 6.10 Å². The molecule has 1 aliphatic rings. The fourth-order valence-electron chi connectivity index (χ4n) is 2.19. The molecule has 0 saturated carbocycles. The van der Waals surface area contributed by atoms with Gasteiger partial charge in [-0.15, -0.1) is 0 Å². The van der Waals surface area contributed by atoms with Crippen LogP contribution in [0.5, 0.6) is 0 Å². The van der Waals surface area contributed by atoms with Crippen LogP contribution in [0.25, 0.3) is 11.4 Å². The maximum absolute atomic E-state index is 12.5. The summed E-state index contributed by atoms with van der Waals surface area (Å²) in [7, 11) is 1.21. The van der Waals surface area contributed by atoms with Crippen molar-refractivity contribution in [3.8, 4) is 11.4 Å². The summed E-state index contributed by atoms with van der Waals surface area (Å²) in [6.07, 6.45) is -5.18.